The zero-order chi connectivity index (χ0) is 27.3. The molecule has 4 aromatic rings. The van der Waals surface area contributed by atoms with Crippen LogP contribution in [0.5, 0.6) is 5.75 Å². The Morgan fingerprint density at radius 1 is 0.895 bits per heavy atom. The number of carbonyl (C=O) groups excluding carboxylic acids is 2. The largest absolute Gasteiger partial charge is 0.495 e. The van der Waals surface area contributed by atoms with E-state index in [-0.39, 0.29) is 33.4 Å². The summed E-state index contributed by atoms with van der Waals surface area (Å²) in [6.07, 6.45) is 0. The van der Waals surface area contributed by atoms with Gasteiger partial charge in [0.2, 0.25) is 5.91 Å². The van der Waals surface area contributed by atoms with Crippen LogP contribution < -0.4 is 14.4 Å². The number of anilines is 2. The highest BCUT2D eigenvalue weighted by Crippen LogP contribution is 2.32. The standard InChI is InChI=1S/C29H25ClN2O5S/c1-20-12-15-23(16-13-20)38(35,36)32(26-10-6-7-11-27(26)37-2)19-28(33)31-25-17-14-22(30)18-24(25)29(34)21-8-4-3-5-9-21/h3-18H,19H2,1-2H3,(H,31,33). The van der Waals surface area contributed by atoms with E-state index in [0.717, 1.165) is 9.87 Å². The molecule has 0 atom stereocenters. The van der Waals surface area contributed by atoms with Crippen molar-refractivity contribution >= 4 is 44.7 Å². The molecule has 7 nitrogen and oxygen atoms in total. The third kappa shape index (κ3) is 5.88. The lowest BCUT2D eigenvalue weighted by Gasteiger charge is -2.26. The van der Waals surface area contributed by atoms with Crippen molar-refractivity contribution in [2.24, 2.45) is 0 Å². The number of rotatable bonds is 9. The zero-order valence-electron chi connectivity index (χ0n) is 20.7. The molecule has 0 heterocycles. The number of para-hydroxylation sites is 2. The van der Waals surface area contributed by atoms with Crippen LogP contribution >= 0.6 is 11.6 Å². The highest BCUT2D eigenvalue weighted by atomic mass is 35.5. The second-order valence-corrected chi connectivity index (χ2v) is 10.7. The van der Waals surface area contributed by atoms with Crippen LogP contribution in [0.4, 0.5) is 11.4 Å². The molecule has 0 saturated carbocycles. The second-order valence-electron chi connectivity index (χ2n) is 8.43. The molecule has 0 fully saturated rings. The predicted molar refractivity (Wildman–Crippen MR) is 149 cm³/mol. The maximum Gasteiger partial charge on any atom is 0.264 e. The van der Waals surface area contributed by atoms with Crippen molar-refractivity contribution in [2.45, 2.75) is 11.8 Å². The van der Waals surface area contributed by atoms with Gasteiger partial charge in [-0.3, -0.25) is 13.9 Å². The van der Waals surface area contributed by atoms with Crippen LogP contribution in [0, 0.1) is 6.92 Å². The van der Waals surface area contributed by atoms with Gasteiger partial charge in [-0.1, -0.05) is 71.8 Å². The van der Waals surface area contributed by atoms with Crippen LogP contribution in [0.25, 0.3) is 0 Å². The third-order valence-corrected chi connectivity index (χ3v) is 7.80. The van der Waals surface area contributed by atoms with Gasteiger partial charge < -0.3 is 10.1 Å². The molecule has 0 unspecified atom stereocenters. The fourth-order valence-electron chi connectivity index (χ4n) is 3.85. The summed E-state index contributed by atoms with van der Waals surface area (Å²) < 4.78 is 33.8. The predicted octanol–water partition coefficient (Wildman–Crippen LogP) is 5.72. The van der Waals surface area contributed by atoms with Crippen LogP contribution in [-0.4, -0.2) is 33.8 Å². The number of ketones is 1. The van der Waals surface area contributed by atoms with E-state index in [1.54, 1.807) is 72.8 Å². The smallest absolute Gasteiger partial charge is 0.264 e. The molecule has 38 heavy (non-hydrogen) atoms. The van der Waals surface area contributed by atoms with E-state index < -0.39 is 22.5 Å². The lowest BCUT2D eigenvalue weighted by molar-refractivity contribution is -0.114. The summed E-state index contributed by atoms with van der Waals surface area (Å²) >= 11 is 6.16. The molecule has 4 aromatic carbocycles. The maximum atomic E-state index is 13.7. The number of benzene rings is 4. The molecule has 0 aromatic heterocycles. The van der Waals surface area contributed by atoms with E-state index in [1.165, 1.54) is 31.4 Å². The summed E-state index contributed by atoms with van der Waals surface area (Å²) in [6.45, 7) is 1.28. The lowest BCUT2D eigenvalue weighted by Crippen LogP contribution is -2.38. The van der Waals surface area contributed by atoms with Crippen molar-refractivity contribution in [2.75, 3.05) is 23.3 Å². The first-order valence-electron chi connectivity index (χ1n) is 11.6. The first-order chi connectivity index (χ1) is 18.2. The maximum absolute atomic E-state index is 13.7. The van der Waals surface area contributed by atoms with Gasteiger partial charge in [0.25, 0.3) is 10.0 Å². The highest BCUT2D eigenvalue weighted by molar-refractivity contribution is 7.92. The molecule has 4 rings (SSSR count). The number of nitrogens with one attached hydrogen (secondary N) is 1. The first-order valence-corrected chi connectivity index (χ1v) is 13.4. The van der Waals surface area contributed by atoms with Crippen molar-refractivity contribution in [3.8, 4) is 5.75 Å². The summed E-state index contributed by atoms with van der Waals surface area (Å²) in [4.78, 5) is 26.5. The topological polar surface area (TPSA) is 92.8 Å². The van der Waals surface area contributed by atoms with Crippen molar-refractivity contribution in [1.82, 2.24) is 0 Å². The highest BCUT2D eigenvalue weighted by Gasteiger charge is 2.30. The second kappa shape index (κ2) is 11.5. The molecule has 1 amide bonds. The molecule has 0 bridgehead atoms. The minimum atomic E-state index is -4.16. The van der Waals surface area contributed by atoms with Gasteiger partial charge in [0.1, 0.15) is 12.3 Å². The van der Waals surface area contributed by atoms with E-state index in [1.807, 2.05) is 6.92 Å². The Labute approximate surface area is 226 Å². The van der Waals surface area contributed by atoms with Crippen LogP contribution in [0.3, 0.4) is 0 Å². The van der Waals surface area contributed by atoms with Crippen molar-refractivity contribution in [1.29, 1.82) is 0 Å². The number of aryl methyl sites for hydroxylation is 1. The van der Waals surface area contributed by atoms with Crippen LogP contribution in [-0.2, 0) is 14.8 Å². The lowest BCUT2D eigenvalue weighted by atomic mass is 10.0. The quantitative estimate of drug-likeness (QED) is 0.270. The number of ether oxygens (including phenoxy) is 1. The van der Waals surface area contributed by atoms with E-state index in [9.17, 15) is 18.0 Å². The van der Waals surface area contributed by atoms with Crippen molar-refractivity contribution < 1.29 is 22.7 Å². The Bertz CT molecular complexity index is 1570. The van der Waals surface area contributed by atoms with E-state index >= 15 is 0 Å². The van der Waals surface area contributed by atoms with Gasteiger partial charge in [0.05, 0.1) is 23.4 Å². The van der Waals surface area contributed by atoms with Crippen molar-refractivity contribution in [3.05, 3.63) is 119 Å². The van der Waals surface area contributed by atoms with Gasteiger partial charge in [-0.2, -0.15) is 0 Å². The molecule has 0 radical (unpaired) electrons. The average molecular weight is 549 g/mol. The fraction of sp³-hybridized carbons (Fsp3) is 0.103. The van der Waals surface area contributed by atoms with Gasteiger partial charge >= 0.3 is 0 Å². The van der Waals surface area contributed by atoms with E-state index in [0.29, 0.717) is 10.6 Å². The minimum Gasteiger partial charge on any atom is -0.495 e. The molecule has 0 saturated heterocycles. The van der Waals surface area contributed by atoms with E-state index in [4.69, 9.17) is 16.3 Å². The van der Waals surface area contributed by atoms with Gasteiger partial charge in [-0.15, -0.1) is 0 Å². The Morgan fingerprint density at radius 2 is 1.55 bits per heavy atom. The van der Waals surface area contributed by atoms with Crippen molar-refractivity contribution in [3.63, 3.8) is 0 Å². The molecule has 1 N–H and O–H groups in total. The SMILES string of the molecule is COc1ccccc1N(CC(=O)Nc1ccc(Cl)cc1C(=O)c1ccccc1)S(=O)(=O)c1ccc(C)cc1. The van der Waals surface area contributed by atoms with Gasteiger partial charge in [-0.25, -0.2) is 8.42 Å². The molecule has 0 spiro atoms. The number of hydrogen-bond acceptors (Lipinski definition) is 5. The normalized spacial score (nSPS) is 11.0. The average Bonchev–Trinajstić information content (AvgIpc) is 2.93. The molecule has 0 aliphatic rings. The number of halogens is 1. The monoisotopic (exact) mass is 548 g/mol. The summed E-state index contributed by atoms with van der Waals surface area (Å²) in [5, 5.41) is 3.01. The Hall–Kier alpha value is -4.14. The van der Waals surface area contributed by atoms with Gasteiger partial charge in [0, 0.05) is 16.1 Å². The number of sulfonamides is 1. The molecular weight excluding hydrogens is 524 g/mol. The molecule has 0 aliphatic carbocycles. The summed E-state index contributed by atoms with van der Waals surface area (Å²) in [7, 11) is -2.74. The van der Waals surface area contributed by atoms with Crippen LogP contribution in [0.1, 0.15) is 21.5 Å². The number of hydrogen-bond donors (Lipinski definition) is 1. The summed E-state index contributed by atoms with van der Waals surface area (Å²) in [5.41, 5.74) is 1.90. The third-order valence-electron chi connectivity index (χ3n) is 5.79. The zero-order valence-corrected chi connectivity index (χ0v) is 22.3. The number of nitrogens with zero attached hydrogens (tertiary/aromatic N) is 1. The molecule has 9 heteroatoms. The molecule has 194 valence electrons. The molecule has 0 aliphatic heterocycles. The summed E-state index contributed by atoms with van der Waals surface area (Å²) in [5.74, 6) is -0.712. The fourth-order valence-corrected chi connectivity index (χ4v) is 5.46. The number of methoxy groups -OCH3 is 1. The molecular formula is C29H25ClN2O5S. The number of carbonyl (C=O) groups is 2. The Kier molecular flexibility index (Phi) is 8.14. The first kappa shape index (κ1) is 26.9. The number of amides is 1. The summed E-state index contributed by atoms with van der Waals surface area (Å²) in [6, 6.07) is 26.0. The van der Waals surface area contributed by atoms with Gasteiger partial charge in [0.15, 0.2) is 5.78 Å². The van der Waals surface area contributed by atoms with Gasteiger partial charge in [-0.05, 0) is 49.4 Å². The Morgan fingerprint density at radius 3 is 2.24 bits per heavy atom. The van der Waals surface area contributed by atoms with Crippen LogP contribution in [0.15, 0.2) is 102 Å². The van der Waals surface area contributed by atoms with Crippen LogP contribution in [0.2, 0.25) is 5.02 Å². The van der Waals surface area contributed by atoms with E-state index in [2.05, 4.69) is 5.32 Å². The minimum absolute atomic E-state index is 0.0215. The Balaban J connectivity index is 1.70.